The van der Waals surface area contributed by atoms with Gasteiger partial charge in [0, 0.05) is 43.0 Å². The highest BCUT2D eigenvalue weighted by atomic mass is 15.2. The number of rotatable bonds is 6. The van der Waals surface area contributed by atoms with Gasteiger partial charge < -0.3 is 5.32 Å². The first kappa shape index (κ1) is 15.0. The van der Waals surface area contributed by atoms with Gasteiger partial charge in [-0.3, -0.25) is 9.88 Å². The van der Waals surface area contributed by atoms with E-state index in [1.807, 2.05) is 12.3 Å². The molecule has 21 heavy (non-hydrogen) atoms. The quantitative estimate of drug-likeness (QED) is 0.872. The fourth-order valence-corrected chi connectivity index (χ4v) is 4.15. The molecule has 1 aromatic rings. The van der Waals surface area contributed by atoms with Crippen LogP contribution in [0.1, 0.15) is 51.1 Å². The molecule has 2 unspecified atom stereocenters. The third kappa shape index (κ3) is 3.83. The highest BCUT2D eigenvalue weighted by molar-refractivity contribution is 5.05. The van der Waals surface area contributed by atoms with Crippen molar-refractivity contribution in [3.05, 3.63) is 30.1 Å². The van der Waals surface area contributed by atoms with Crippen molar-refractivity contribution in [3.8, 4) is 0 Å². The Hall–Kier alpha value is -0.930. The Balaban J connectivity index is 1.56. The maximum absolute atomic E-state index is 4.47. The van der Waals surface area contributed by atoms with Crippen molar-refractivity contribution in [2.45, 2.75) is 70.0 Å². The summed E-state index contributed by atoms with van der Waals surface area (Å²) in [5, 5.41) is 3.76. The topological polar surface area (TPSA) is 28.2 Å². The molecular formula is C18H29N3. The molecule has 2 bridgehead atoms. The molecule has 2 atom stereocenters. The molecule has 2 aliphatic heterocycles. The van der Waals surface area contributed by atoms with Crippen LogP contribution >= 0.6 is 0 Å². The van der Waals surface area contributed by atoms with Crippen molar-refractivity contribution in [1.82, 2.24) is 15.2 Å². The second-order valence-electron chi connectivity index (χ2n) is 6.67. The standard InChI is InChI=1S/C18H29N3/c1-2-10-19-16-13-17-7-5-8-18(14-16)21(17)12-9-15-6-3-4-11-20-15/h3-4,6,11,16-19H,2,5,7-10,12-14H2,1H3. The van der Waals surface area contributed by atoms with Gasteiger partial charge in [0.25, 0.3) is 0 Å². The van der Waals surface area contributed by atoms with E-state index in [-0.39, 0.29) is 0 Å². The van der Waals surface area contributed by atoms with Crippen molar-refractivity contribution in [3.63, 3.8) is 0 Å². The Kier molecular flexibility index (Phi) is 5.26. The first-order valence-electron chi connectivity index (χ1n) is 8.76. The molecule has 2 aliphatic rings. The van der Waals surface area contributed by atoms with E-state index in [1.54, 1.807) is 0 Å². The second kappa shape index (κ2) is 7.37. The normalized spacial score (nSPS) is 29.5. The minimum atomic E-state index is 0.756. The highest BCUT2D eigenvalue weighted by Gasteiger charge is 2.37. The lowest BCUT2D eigenvalue weighted by molar-refractivity contribution is 0.0255. The number of nitrogens with zero attached hydrogens (tertiary/aromatic N) is 2. The fourth-order valence-electron chi connectivity index (χ4n) is 4.15. The van der Waals surface area contributed by atoms with Gasteiger partial charge >= 0.3 is 0 Å². The number of fused-ring (bicyclic) bond motifs is 2. The average Bonchev–Trinajstić information content (AvgIpc) is 2.51. The van der Waals surface area contributed by atoms with E-state index in [2.05, 4.69) is 34.3 Å². The molecule has 116 valence electrons. The number of pyridine rings is 1. The van der Waals surface area contributed by atoms with Crippen LogP contribution in [-0.2, 0) is 6.42 Å². The molecule has 3 nitrogen and oxygen atoms in total. The molecule has 0 saturated carbocycles. The van der Waals surface area contributed by atoms with Crippen LogP contribution in [0.5, 0.6) is 0 Å². The SMILES string of the molecule is CCCNC1CC2CCCC(C1)N2CCc1ccccn1. The minimum absolute atomic E-state index is 0.756. The van der Waals surface area contributed by atoms with Crippen LogP contribution in [0, 0.1) is 0 Å². The molecule has 0 spiro atoms. The van der Waals surface area contributed by atoms with E-state index in [0.29, 0.717) is 0 Å². The summed E-state index contributed by atoms with van der Waals surface area (Å²) in [6.45, 7) is 4.63. The van der Waals surface area contributed by atoms with Gasteiger partial charge in [0.15, 0.2) is 0 Å². The number of hydrogen-bond acceptors (Lipinski definition) is 3. The number of hydrogen-bond donors (Lipinski definition) is 1. The van der Waals surface area contributed by atoms with Crippen LogP contribution < -0.4 is 5.32 Å². The monoisotopic (exact) mass is 287 g/mol. The van der Waals surface area contributed by atoms with Gasteiger partial charge in [0.05, 0.1) is 0 Å². The minimum Gasteiger partial charge on any atom is -0.314 e. The van der Waals surface area contributed by atoms with Crippen molar-refractivity contribution in [2.24, 2.45) is 0 Å². The van der Waals surface area contributed by atoms with Crippen molar-refractivity contribution >= 4 is 0 Å². The summed E-state index contributed by atoms with van der Waals surface area (Å²) in [5.41, 5.74) is 1.24. The molecule has 3 heterocycles. The van der Waals surface area contributed by atoms with Gasteiger partial charge in [-0.2, -0.15) is 0 Å². The third-order valence-corrected chi connectivity index (χ3v) is 5.16. The van der Waals surface area contributed by atoms with E-state index in [0.717, 1.165) is 24.5 Å². The van der Waals surface area contributed by atoms with E-state index in [4.69, 9.17) is 0 Å². The van der Waals surface area contributed by atoms with Gasteiger partial charge in [-0.25, -0.2) is 0 Å². The smallest absolute Gasteiger partial charge is 0.0416 e. The zero-order valence-corrected chi connectivity index (χ0v) is 13.3. The van der Waals surface area contributed by atoms with Gasteiger partial charge in [-0.1, -0.05) is 19.4 Å². The maximum atomic E-state index is 4.47. The molecule has 0 radical (unpaired) electrons. The number of aromatic nitrogens is 1. The van der Waals surface area contributed by atoms with E-state index < -0.39 is 0 Å². The molecule has 3 heteroatoms. The lowest BCUT2D eigenvalue weighted by Crippen LogP contribution is -2.56. The zero-order valence-electron chi connectivity index (χ0n) is 13.3. The predicted molar refractivity (Wildman–Crippen MR) is 87.4 cm³/mol. The molecule has 2 fully saturated rings. The van der Waals surface area contributed by atoms with E-state index >= 15 is 0 Å². The van der Waals surface area contributed by atoms with Crippen LogP contribution in [0.25, 0.3) is 0 Å². The van der Waals surface area contributed by atoms with E-state index in [9.17, 15) is 0 Å². The predicted octanol–water partition coefficient (Wildman–Crippen LogP) is 3.01. The summed E-state index contributed by atoms with van der Waals surface area (Å²) in [4.78, 5) is 7.27. The first-order valence-corrected chi connectivity index (χ1v) is 8.76. The first-order chi connectivity index (χ1) is 10.4. The van der Waals surface area contributed by atoms with Gasteiger partial charge in [-0.15, -0.1) is 0 Å². The zero-order chi connectivity index (χ0) is 14.5. The third-order valence-electron chi connectivity index (χ3n) is 5.16. The molecule has 2 saturated heterocycles. The summed E-state index contributed by atoms with van der Waals surface area (Å²) in [7, 11) is 0. The van der Waals surface area contributed by atoms with Crippen molar-refractivity contribution in [1.29, 1.82) is 0 Å². The lowest BCUT2D eigenvalue weighted by Gasteiger charge is -2.49. The maximum Gasteiger partial charge on any atom is 0.0416 e. The molecule has 1 N–H and O–H groups in total. The summed E-state index contributed by atoms with van der Waals surface area (Å²) in [6.07, 6.45) is 11.2. The summed E-state index contributed by atoms with van der Waals surface area (Å²) in [5.74, 6) is 0. The Labute approximate surface area is 129 Å². The van der Waals surface area contributed by atoms with Crippen LogP contribution in [0.15, 0.2) is 24.4 Å². The Morgan fingerprint density at radius 3 is 2.71 bits per heavy atom. The fraction of sp³-hybridized carbons (Fsp3) is 0.722. The Morgan fingerprint density at radius 2 is 2.05 bits per heavy atom. The van der Waals surface area contributed by atoms with Crippen molar-refractivity contribution in [2.75, 3.05) is 13.1 Å². The molecular weight excluding hydrogens is 258 g/mol. The second-order valence-corrected chi connectivity index (χ2v) is 6.67. The summed E-state index contributed by atoms with van der Waals surface area (Å²) in [6, 6.07) is 8.62. The Morgan fingerprint density at radius 1 is 1.24 bits per heavy atom. The highest BCUT2D eigenvalue weighted by Crippen LogP contribution is 2.34. The van der Waals surface area contributed by atoms with Crippen LogP contribution in [0.4, 0.5) is 0 Å². The Bertz CT molecular complexity index is 406. The van der Waals surface area contributed by atoms with Gasteiger partial charge in [0.2, 0.25) is 0 Å². The molecule has 0 amide bonds. The number of piperidine rings is 2. The largest absolute Gasteiger partial charge is 0.314 e. The number of nitrogens with one attached hydrogen (secondary N) is 1. The van der Waals surface area contributed by atoms with Crippen LogP contribution in [0.2, 0.25) is 0 Å². The molecule has 0 aliphatic carbocycles. The molecule has 3 rings (SSSR count). The van der Waals surface area contributed by atoms with Gasteiger partial charge in [0.1, 0.15) is 0 Å². The summed E-state index contributed by atoms with van der Waals surface area (Å²) < 4.78 is 0. The molecule has 1 aromatic heterocycles. The van der Waals surface area contributed by atoms with Crippen LogP contribution in [0.3, 0.4) is 0 Å². The summed E-state index contributed by atoms with van der Waals surface area (Å²) >= 11 is 0. The molecule has 0 aromatic carbocycles. The van der Waals surface area contributed by atoms with Crippen LogP contribution in [-0.4, -0.2) is 41.1 Å². The van der Waals surface area contributed by atoms with Gasteiger partial charge in [-0.05, 0) is 50.8 Å². The average molecular weight is 287 g/mol. The van der Waals surface area contributed by atoms with Crippen molar-refractivity contribution < 1.29 is 0 Å². The van der Waals surface area contributed by atoms with E-state index in [1.165, 1.54) is 57.3 Å². The lowest BCUT2D eigenvalue weighted by atomic mass is 9.81.